The van der Waals surface area contributed by atoms with Crippen molar-refractivity contribution < 1.29 is 32.2 Å². The van der Waals surface area contributed by atoms with Crippen LogP contribution < -0.4 is 0 Å². The molecule has 0 aliphatic rings. The third-order valence-electron chi connectivity index (χ3n) is 2.61. The maximum absolute atomic E-state index is 12.7. The summed E-state index contributed by atoms with van der Waals surface area (Å²) in [6.45, 7) is 3.30. The number of hydrogen-bond donors (Lipinski definition) is 0. The summed E-state index contributed by atoms with van der Waals surface area (Å²) in [6.07, 6.45) is -1.74. The number of nitrogens with zero attached hydrogens (tertiary/aromatic N) is 1. The molecule has 0 saturated heterocycles. The van der Waals surface area contributed by atoms with Gasteiger partial charge in [-0.1, -0.05) is 6.92 Å². The molecule has 0 amide bonds. The summed E-state index contributed by atoms with van der Waals surface area (Å²) in [4.78, 5) is 27.5. The molecular formula is C15H19ClF3NO4. The molecule has 9 heteroatoms. The van der Waals surface area contributed by atoms with Gasteiger partial charge in [0.15, 0.2) is 5.92 Å². The van der Waals surface area contributed by atoms with Crippen LogP contribution in [0.2, 0.25) is 0 Å². The quantitative estimate of drug-likeness (QED) is 0.436. The lowest BCUT2D eigenvalue weighted by Gasteiger charge is -2.15. The molecule has 136 valence electrons. The lowest BCUT2D eigenvalue weighted by atomic mass is 10.0. The molecule has 1 aromatic rings. The van der Waals surface area contributed by atoms with Crippen LogP contribution in [-0.4, -0.2) is 36.5 Å². The van der Waals surface area contributed by atoms with E-state index in [-0.39, 0.29) is 18.9 Å². The van der Waals surface area contributed by atoms with E-state index in [1.54, 1.807) is 6.92 Å². The Kier molecular flexibility index (Phi) is 10.0. The molecule has 1 rings (SSSR count). The fraction of sp³-hybridized carbons (Fsp3) is 0.533. The molecule has 0 radical (unpaired) electrons. The maximum atomic E-state index is 12.7. The number of esters is 2. The van der Waals surface area contributed by atoms with E-state index in [9.17, 15) is 22.8 Å². The number of pyridine rings is 1. The summed E-state index contributed by atoms with van der Waals surface area (Å²) in [5.41, 5.74) is -1.36. The van der Waals surface area contributed by atoms with Crippen molar-refractivity contribution in [1.29, 1.82) is 0 Å². The number of ether oxygens (including phenoxy) is 2. The minimum atomic E-state index is -4.61. The highest BCUT2D eigenvalue weighted by Crippen LogP contribution is 2.30. The van der Waals surface area contributed by atoms with Crippen molar-refractivity contribution in [2.45, 2.75) is 32.4 Å². The molecule has 1 heterocycles. The normalized spacial score (nSPS) is 11.8. The third-order valence-corrected chi connectivity index (χ3v) is 2.61. The first-order valence-electron chi connectivity index (χ1n) is 7.05. The summed E-state index contributed by atoms with van der Waals surface area (Å²) in [5, 5.41) is 0. The minimum Gasteiger partial charge on any atom is -0.465 e. The fourth-order valence-electron chi connectivity index (χ4n) is 1.63. The van der Waals surface area contributed by atoms with Gasteiger partial charge in [0.25, 0.3) is 0 Å². The van der Waals surface area contributed by atoms with E-state index in [0.29, 0.717) is 12.5 Å². The van der Waals surface area contributed by atoms with Crippen LogP contribution in [0.5, 0.6) is 0 Å². The zero-order chi connectivity index (χ0) is 18.8. The highest BCUT2D eigenvalue weighted by atomic mass is 35.5. The monoisotopic (exact) mass is 369 g/mol. The van der Waals surface area contributed by atoms with Crippen molar-refractivity contribution in [2.24, 2.45) is 0 Å². The molecule has 0 saturated carbocycles. The first kappa shape index (κ1) is 22.2. The highest BCUT2D eigenvalue weighted by Gasteiger charge is 2.36. The minimum absolute atomic E-state index is 0.0185. The molecule has 1 unspecified atom stereocenters. The van der Waals surface area contributed by atoms with E-state index < -0.39 is 29.6 Å². The largest absolute Gasteiger partial charge is 0.465 e. The first-order valence-corrected chi connectivity index (χ1v) is 7.81. The average Bonchev–Trinajstić information content (AvgIpc) is 2.55. The fourth-order valence-corrected chi connectivity index (χ4v) is 1.63. The van der Waals surface area contributed by atoms with Crippen molar-refractivity contribution in [1.82, 2.24) is 4.98 Å². The summed E-state index contributed by atoms with van der Waals surface area (Å²) in [6, 6.07) is 1.40. The van der Waals surface area contributed by atoms with Crippen LogP contribution in [-0.2, 0) is 25.2 Å². The van der Waals surface area contributed by atoms with Gasteiger partial charge in [-0.15, -0.1) is 11.6 Å². The second-order valence-corrected chi connectivity index (χ2v) is 4.32. The van der Waals surface area contributed by atoms with Gasteiger partial charge >= 0.3 is 18.1 Å². The molecule has 0 aromatic carbocycles. The molecule has 24 heavy (non-hydrogen) atoms. The van der Waals surface area contributed by atoms with E-state index in [0.717, 1.165) is 12.3 Å². The predicted octanol–water partition coefficient (Wildman–Crippen LogP) is 3.56. The number of carbonyl (C=O) groups excluding carboxylic acids is 2. The summed E-state index contributed by atoms with van der Waals surface area (Å²) < 4.78 is 47.7. The van der Waals surface area contributed by atoms with Crippen molar-refractivity contribution >= 4 is 23.5 Å². The molecule has 1 aromatic heterocycles. The van der Waals surface area contributed by atoms with E-state index >= 15 is 0 Å². The third kappa shape index (κ3) is 6.74. The van der Waals surface area contributed by atoms with Crippen molar-refractivity contribution in [2.75, 3.05) is 19.6 Å². The lowest BCUT2D eigenvalue weighted by molar-refractivity contribution is -0.157. The number of alkyl halides is 4. The van der Waals surface area contributed by atoms with Crippen molar-refractivity contribution in [3.8, 4) is 0 Å². The second kappa shape index (κ2) is 10.9. The molecule has 5 nitrogen and oxygen atoms in total. The Balaban J connectivity index is 0.00000254. The number of carbonyl (C=O) groups is 2. The molecule has 1 atom stereocenters. The average molecular weight is 370 g/mol. The van der Waals surface area contributed by atoms with Crippen molar-refractivity contribution in [3.05, 3.63) is 29.6 Å². The van der Waals surface area contributed by atoms with Gasteiger partial charge in [0.2, 0.25) is 0 Å². The van der Waals surface area contributed by atoms with Crippen LogP contribution >= 0.6 is 11.6 Å². The topological polar surface area (TPSA) is 65.5 Å². The highest BCUT2D eigenvalue weighted by molar-refractivity contribution is 6.15. The van der Waals surface area contributed by atoms with Crippen LogP contribution in [0.25, 0.3) is 0 Å². The first-order chi connectivity index (χ1) is 11.3. The lowest BCUT2D eigenvalue weighted by Crippen LogP contribution is -2.27. The molecule has 0 aliphatic heterocycles. The predicted molar refractivity (Wildman–Crippen MR) is 81.6 cm³/mol. The van der Waals surface area contributed by atoms with E-state index in [1.165, 1.54) is 13.3 Å². The van der Waals surface area contributed by atoms with Gasteiger partial charge in [0, 0.05) is 12.6 Å². The van der Waals surface area contributed by atoms with E-state index in [2.05, 4.69) is 16.6 Å². The van der Waals surface area contributed by atoms with Crippen LogP contribution in [0.3, 0.4) is 0 Å². The Labute approximate surface area is 143 Å². The van der Waals surface area contributed by atoms with Gasteiger partial charge in [-0.3, -0.25) is 14.6 Å². The molecule has 0 N–H and O–H groups in total. The summed E-state index contributed by atoms with van der Waals surface area (Å²) in [7, 11) is 0. The van der Waals surface area contributed by atoms with Crippen LogP contribution in [0, 0.1) is 0 Å². The van der Waals surface area contributed by atoms with Crippen LogP contribution in [0.15, 0.2) is 18.3 Å². The van der Waals surface area contributed by atoms with Gasteiger partial charge in [-0.25, -0.2) is 0 Å². The Morgan fingerprint density at radius 2 is 1.79 bits per heavy atom. The number of halogens is 4. The molecule has 0 aliphatic carbocycles. The zero-order valence-corrected chi connectivity index (χ0v) is 14.3. The Bertz CT molecular complexity index is 538. The van der Waals surface area contributed by atoms with Crippen LogP contribution in [0.4, 0.5) is 13.2 Å². The number of aromatic nitrogens is 1. The van der Waals surface area contributed by atoms with Crippen LogP contribution in [0.1, 0.15) is 37.4 Å². The molecule has 0 spiro atoms. The molecule has 0 bridgehead atoms. The van der Waals surface area contributed by atoms with E-state index in [1.807, 2.05) is 0 Å². The van der Waals surface area contributed by atoms with Gasteiger partial charge in [-0.2, -0.15) is 13.2 Å². The second-order valence-electron chi connectivity index (χ2n) is 4.32. The van der Waals surface area contributed by atoms with Gasteiger partial charge in [0.05, 0.1) is 24.5 Å². The van der Waals surface area contributed by atoms with Gasteiger partial charge in [-0.05, 0) is 25.5 Å². The van der Waals surface area contributed by atoms with E-state index in [4.69, 9.17) is 9.47 Å². The standard InChI is InChI=1S/C14H16F3NO4.CH3Cl/c1-3-7-22-13(20)11(12(19)21-4-2)10-8-9(5-6-18-10)14(15,16)17;1-2/h5-6,8,11H,3-4,7H2,1-2H3;1H3. The molecule has 0 fully saturated rings. The van der Waals surface area contributed by atoms with Gasteiger partial charge in [0.1, 0.15) is 0 Å². The zero-order valence-electron chi connectivity index (χ0n) is 13.5. The summed E-state index contributed by atoms with van der Waals surface area (Å²) in [5.74, 6) is -3.60. The molecular weight excluding hydrogens is 351 g/mol. The van der Waals surface area contributed by atoms with Crippen molar-refractivity contribution in [3.63, 3.8) is 0 Å². The Morgan fingerprint density at radius 1 is 1.21 bits per heavy atom. The SMILES string of the molecule is CCCOC(=O)C(C(=O)OCC)c1cc(C(F)(F)F)ccn1.CCl. The maximum Gasteiger partial charge on any atom is 0.416 e. The number of hydrogen-bond acceptors (Lipinski definition) is 5. The summed E-state index contributed by atoms with van der Waals surface area (Å²) >= 11 is 4.64. The Hall–Kier alpha value is -1.83. The smallest absolute Gasteiger partial charge is 0.416 e. The number of rotatable bonds is 6. The Morgan fingerprint density at radius 3 is 2.29 bits per heavy atom. The van der Waals surface area contributed by atoms with Gasteiger partial charge < -0.3 is 9.47 Å².